The van der Waals surface area contributed by atoms with E-state index in [1.165, 1.54) is 4.80 Å². The number of tetrazole rings is 1. The van der Waals surface area contributed by atoms with Gasteiger partial charge in [0.15, 0.2) is 5.82 Å². The highest BCUT2D eigenvalue weighted by molar-refractivity contribution is 4.89. The Morgan fingerprint density at radius 3 is 2.50 bits per heavy atom. The maximum absolute atomic E-state index is 9.34. The number of rotatable bonds is 4. The molecule has 1 rings (SSSR count). The number of aliphatic hydroxyl groups excluding tert-OH is 1. The summed E-state index contributed by atoms with van der Waals surface area (Å²) < 4.78 is 0. The molecule has 14 heavy (non-hydrogen) atoms. The number of aromatic nitrogens is 4. The largest absolute Gasteiger partial charge is 0.396 e. The van der Waals surface area contributed by atoms with E-state index >= 15 is 0 Å². The molecule has 0 spiro atoms. The van der Waals surface area contributed by atoms with Crippen LogP contribution in [0.3, 0.4) is 0 Å². The molecular formula is C9H18N4O. The average Bonchev–Trinajstić information content (AvgIpc) is 2.50. The SMILES string of the molecule is CC(C)C(C)(CO)Cc1nnn(C)n1. The van der Waals surface area contributed by atoms with E-state index in [0.717, 1.165) is 0 Å². The first-order chi connectivity index (χ1) is 6.48. The summed E-state index contributed by atoms with van der Waals surface area (Å²) in [4.78, 5) is 1.44. The molecule has 1 N–H and O–H groups in total. The van der Waals surface area contributed by atoms with Crippen LogP contribution in [0.15, 0.2) is 0 Å². The third kappa shape index (κ3) is 2.29. The van der Waals surface area contributed by atoms with Crippen molar-refractivity contribution in [1.29, 1.82) is 0 Å². The lowest BCUT2D eigenvalue weighted by Gasteiger charge is -2.30. The van der Waals surface area contributed by atoms with Crippen LogP contribution in [-0.2, 0) is 13.5 Å². The molecular weight excluding hydrogens is 180 g/mol. The molecule has 0 fully saturated rings. The van der Waals surface area contributed by atoms with Gasteiger partial charge in [-0.1, -0.05) is 20.8 Å². The lowest BCUT2D eigenvalue weighted by atomic mass is 9.77. The second-order valence-corrected chi connectivity index (χ2v) is 4.34. The Morgan fingerprint density at radius 2 is 2.14 bits per heavy atom. The van der Waals surface area contributed by atoms with Crippen molar-refractivity contribution >= 4 is 0 Å². The minimum Gasteiger partial charge on any atom is -0.396 e. The second-order valence-electron chi connectivity index (χ2n) is 4.34. The molecule has 0 aliphatic carbocycles. The number of aryl methyl sites for hydroxylation is 1. The molecule has 0 radical (unpaired) electrons. The van der Waals surface area contributed by atoms with E-state index in [1.54, 1.807) is 7.05 Å². The highest BCUT2D eigenvalue weighted by atomic mass is 16.3. The first-order valence-corrected chi connectivity index (χ1v) is 4.81. The van der Waals surface area contributed by atoms with E-state index in [2.05, 4.69) is 29.3 Å². The van der Waals surface area contributed by atoms with Gasteiger partial charge in [0, 0.05) is 18.4 Å². The number of nitrogens with zero attached hydrogens (tertiary/aromatic N) is 4. The highest BCUT2D eigenvalue weighted by Crippen LogP contribution is 2.29. The van der Waals surface area contributed by atoms with Crippen molar-refractivity contribution in [3.63, 3.8) is 0 Å². The molecule has 0 saturated carbocycles. The molecule has 1 unspecified atom stereocenters. The van der Waals surface area contributed by atoms with Gasteiger partial charge in [0.25, 0.3) is 0 Å². The fourth-order valence-electron chi connectivity index (χ4n) is 1.20. The topological polar surface area (TPSA) is 63.8 Å². The summed E-state index contributed by atoms with van der Waals surface area (Å²) in [5.74, 6) is 1.08. The van der Waals surface area contributed by atoms with Crippen LogP contribution in [0.5, 0.6) is 0 Å². The highest BCUT2D eigenvalue weighted by Gasteiger charge is 2.29. The van der Waals surface area contributed by atoms with E-state index in [9.17, 15) is 5.11 Å². The Bertz CT molecular complexity index is 297. The van der Waals surface area contributed by atoms with E-state index in [1.807, 2.05) is 6.92 Å². The van der Waals surface area contributed by atoms with Crippen LogP contribution < -0.4 is 0 Å². The van der Waals surface area contributed by atoms with Gasteiger partial charge in [-0.25, -0.2) is 0 Å². The van der Waals surface area contributed by atoms with Crippen LogP contribution in [0, 0.1) is 11.3 Å². The summed E-state index contributed by atoms with van der Waals surface area (Å²) in [6.07, 6.45) is 0.662. The van der Waals surface area contributed by atoms with Gasteiger partial charge in [0.1, 0.15) is 0 Å². The predicted octanol–water partition coefficient (Wildman–Crippen LogP) is 0.407. The first-order valence-electron chi connectivity index (χ1n) is 4.81. The van der Waals surface area contributed by atoms with E-state index in [0.29, 0.717) is 18.2 Å². The van der Waals surface area contributed by atoms with Crippen LogP contribution in [0.1, 0.15) is 26.6 Å². The Kier molecular flexibility index (Phi) is 3.21. The quantitative estimate of drug-likeness (QED) is 0.761. The lowest BCUT2D eigenvalue weighted by Crippen LogP contribution is -2.30. The second kappa shape index (κ2) is 4.04. The Hall–Kier alpha value is -0.970. The summed E-state index contributed by atoms with van der Waals surface area (Å²) in [6.45, 7) is 6.36. The zero-order valence-corrected chi connectivity index (χ0v) is 9.23. The van der Waals surface area contributed by atoms with Crippen LogP contribution >= 0.6 is 0 Å². The minimum atomic E-state index is -0.164. The summed E-state index contributed by atoms with van der Waals surface area (Å²) in [5, 5.41) is 21.1. The van der Waals surface area contributed by atoms with Gasteiger partial charge in [-0.2, -0.15) is 4.80 Å². The van der Waals surface area contributed by atoms with Gasteiger partial charge < -0.3 is 5.11 Å². The van der Waals surface area contributed by atoms with Crippen LogP contribution in [-0.4, -0.2) is 31.9 Å². The van der Waals surface area contributed by atoms with Crippen molar-refractivity contribution in [3.05, 3.63) is 5.82 Å². The summed E-state index contributed by atoms with van der Waals surface area (Å²) in [6, 6.07) is 0. The van der Waals surface area contributed by atoms with Crippen molar-refractivity contribution in [2.24, 2.45) is 18.4 Å². The van der Waals surface area contributed by atoms with E-state index in [4.69, 9.17) is 0 Å². The maximum Gasteiger partial charge on any atom is 0.175 e. The monoisotopic (exact) mass is 198 g/mol. The standard InChI is InChI=1S/C9H18N4O/c1-7(2)9(3,6-14)5-8-10-12-13(4)11-8/h7,14H,5-6H2,1-4H3. The van der Waals surface area contributed by atoms with Crippen molar-refractivity contribution < 1.29 is 5.11 Å². The summed E-state index contributed by atoms with van der Waals surface area (Å²) in [7, 11) is 1.74. The normalized spacial score (nSPS) is 15.9. The third-order valence-electron chi connectivity index (χ3n) is 2.87. The van der Waals surface area contributed by atoms with Crippen LogP contribution in [0.2, 0.25) is 0 Å². The maximum atomic E-state index is 9.34. The van der Waals surface area contributed by atoms with Crippen LogP contribution in [0.4, 0.5) is 0 Å². The lowest BCUT2D eigenvalue weighted by molar-refractivity contribution is 0.0925. The predicted molar refractivity (Wildman–Crippen MR) is 52.5 cm³/mol. The molecule has 1 heterocycles. The molecule has 1 aromatic heterocycles. The van der Waals surface area contributed by atoms with Gasteiger partial charge in [0.2, 0.25) is 0 Å². The molecule has 0 saturated heterocycles. The zero-order valence-electron chi connectivity index (χ0n) is 9.23. The molecule has 1 aromatic rings. The molecule has 0 aromatic carbocycles. The number of hydrogen-bond acceptors (Lipinski definition) is 4. The van der Waals surface area contributed by atoms with Crippen LogP contribution in [0.25, 0.3) is 0 Å². The smallest absolute Gasteiger partial charge is 0.175 e. The molecule has 0 aliphatic heterocycles. The van der Waals surface area contributed by atoms with Crippen molar-refractivity contribution in [2.45, 2.75) is 27.2 Å². The van der Waals surface area contributed by atoms with E-state index < -0.39 is 0 Å². The van der Waals surface area contributed by atoms with Gasteiger partial charge >= 0.3 is 0 Å². The minimum absolute atomic E-state index is 0.142. The molecule has 0 amide bonds. The molecule has 1 atom stereocenters. The summed E-state index contributed by atoms with van der Waals surface area (Å²) >= 11 is 0. The van der Waals surface area contributed by atoms with Gasteiger partial charge in [-0.3, -0.25) is 0 Å². The third-order valence-corrected chi connectivity index (χ3v) is 2.87. The fourth-order valence-corrected chi connectivity index (χ4v) is 1.20. The van der Waals surface area contributed by atoms with Crippen molar-refractivity contribution in [3.8, 4) is 0 Å². The Balaban J connectivity index is 2.75. The number of aliphatic hydroxyl groups is 1. The van der Waals surface area contributed by atoms with E-state index in [-0.39, 0.29) is 12.0 Å². The molecule has 80 valence electrons. The fraction of sp³-hybridized carbons (Fsp3) is 0.889. The molecule has 5 heteroatoms. The Labute approximate surface area is 84.1 Å². The number of hydrogen-bond donors (Lipinski definition) is 1. The van der Waals surface area contributed by atoms with Gasteiger partial charge in [-0.05, 0) is 11.1 Å². The van der Waals surface area contributed by atoms with Gasteiger partial charge in [0.05, 0.1) is 7.05 Å². The van der Waals surface area contributed by atoms with Gasteiger partial charge in [-0.15, -0.1) is 10.2 Å². The summed E-state index contributed by atoms with van der Waals surface area (Å²) in [5.41, 5.74) is -0.164. The van der Waals surface area contributed by atoms with Crippen molar-refractivity contribution in [2.75, 3.05) is 6.61 Å². The molecule has 0 aliphatic rings. The van der Waals surface area contributed by atoms with Crippen molar-refractivity contribution in [1.82, 2.24) is 20.2 Å². The average molecular weight is 198 g/mol. The molecule has 0 bridgehead atoms. The zero-order chi connectivity index (χ0) is 10.8. The molecule has 5 nitrogen and oxygen atoms in total. The Morgan fingerprint density at radius 1 is 1.50 bits per heavy atom. The first kappa shape index (κ1) is 11.1.